The number of hydrogen-bond donors (Lipinski definition) is 1. The van der Waals surface area contributed by atoms with Crippen molar-refractivity contribution in [3.63, 3.8) is 0 Å². The van der Waals surface area contributed by atoms with Gasteiger partial charge in [-0.1, -0.05) is 18.2 Å². The van der Waals surface area contributed by atoms with Crippen LogP contribution in [0, 0.1) is 10.1 Å². The summed E-state index contributed by atoms with van der Waals surface area (Å²) < 4.78 is 15.0. The van der Waals surface area contributed by atoms with Crippen LogP contribution in [0.25, 0.3) is 0 Å². The second-order valence-corrected chi connectivity index (χ2v) is 10.6. The van der Waals surface area contributed by atoms with E-state index in [1.165, 1.54) is 47.9 Å². The maximum Gasteiger partial charge on any atom is 0.330 e. The Kier molecular flexibility index (Phi) is 7.86. The van der Waals surface area contributed by atoms with Gasteiger partial charge in [-0.05, 0) is 36.8 Å². The van der Waals surface area contributed by atoms with Gasteiger partial charge >= 0.3 is 11.9 Å². The standard InChI is InChI=1S/C25H25N3O9S/c1-15(29)37-14-25(2)21(24(32)36-12-16-8-10-17(11-9-16)28(33)34)27-22(31)20(23(27)38-25)26-19(30)13-35-18-6-4-3-5-7-18/h3-11,20-21,23H,12-14H2,1-2H3,(H,26,30). The average Bonchev–Trinajstić information content (AvgIpc) is 3.18. The molecule has 200 valence electrons. The van der Waals surface area contributed by atoms with Gasteiger partial charge in [0.05, 0.1) is 9.67 Å². The van der Waals surface area contributed by atoms with E-state index in [1.54, 1.807) is 31.2 Å². The second kappa shape index (κ2) is 11.1. The van der Waals surface area contributed by atoms with Crippen molar-refractivity contribution >= 4 is 41.2 Å². The quantitative estimate of drug-likeness (QED) is 0.203. The van der Waals surface area contributed by atoms with Gasteiger partial charge < -0.3 is 24.4 Å². The SMILES string of the molecule is CC(=O)OCC1(C)SC2C(NC(=O)COc3ccccc3)C(=O)N2C1C(=O)OCc1ccc([N+](=O)[O-])cc1. The van der Waals surface area contributed by atoms with Gasteiger partial charge in [0.25, 0.3) is 11.6 Å². The van der Waals surface area contributed by atoms with Gasteiger partial charge in [-0.2, -0.15) is 0 Å². The van der Waals surface area contributed by atoms with Crippen LogP contribution in [0.4, 0.5) is 5.69 Å². The van der Waals surface area contributed by atoms with Gasteiger partial charge in [0.2, 0.25) is 5.91 Å². The summed E-state index contributed by atoms with van der Waals surface area (Å²) in [4.78, 5) is 61.8. The summed E-state index contributed by atoms with van der Waals surface area (Å²) in [7, 11) is 0. The number of nitro benzene ring substituents is 1. The number of carbonyl (C=O) groups excluding carboxylic acids is 4. The van der Waals surface area contributed by atoms with Crippen LogP contribution in [0.2, 0.25) is 0 Å². The number of esters is 2. The molecule has 2 heterocycles. The molecule has 0 saturated carbocycles. The number of rotatable bonds is 10. The first-order valence-electron chi connectivity index (χ1n) is 11.6. The van der Waals surface area contributed by atoms with E-state index in [2.05, 4.69) is 5.32 Å². The molecule has 13 heteroatoms. The van der Waals surface area contributed by atoms with Crippen LogP contribution >= 0.6 is 11.8 Å². The second-order valence-electron chi connectivity index (χ2n) is 8.93. The highest BCUT2D eigenvalue weighted by molar-refractivity contribution is 8.01. The van der Waals surface area contributed by atoms with Crippen LogP contribution in [0.15, 0.2) is 54.6 Å². The summed E-state index contributed by atoms with van der Waals surface area (Å²) in [5.41, 5.74) is 0.420. The number of ether oxygens (including phenoxy) is 3. The highest BCUT2D eigenvalue weighted by Gasteiger charge is 2.66. The van der Waals surface area contributed by atoms with E-state index < -0.39 is 50.9 Å². The number of carbonyl (C=O) groups is 4. The van der Waals surface area contributed by atoms with Gasteiger partial charge in [0, 0.05) is 19.1 Å². The van der Waals surface area contributed by atoms with Crippen molar-refractivity contribution in [1.29, 1.82) is 0 Å². The van der Waals surface area contributed by atoms with Crippen LogP contribution in [-0.2, 0) is 35.3 Å². The fourth-order valence-electron chi connectivity index (χ4n) is 4.20. The minimum atomic E-state index is -1.09. The lowest BCUT2D eigenvalue weighted by Gasteiger charge is -2.43. The molecule has 2 aromatic carbocycles. The molecule has 4 atom stereocenters. The van der Waals surface area contributed by atoms with Crippen molar-refractivity contribution in [2.24, 2.45) is 0 Å². The summed E-state index contributed by atoms with van der Waals surface area (Å²) in [6.45, 7) is 2.28. The highest BCUT2D eigenvalue weighted by Crippen LogP contribution is 2.51. The van der Waals surface area contributed by atoms with Crippen LogP contribution < -0.4 is 10.1 Å². The van der Waals surface area contributed by atoms with Gasteiger partial charge in [0.15, 0.2) is 6.61 Å². The number of nitrogens with zero attached hydrogens (tertiary/aromatic N) is 2. The van der Waals surface area contributed by atoms with Crippen molar-refractivity contribution < 1.29 is 38.3 Å². The normalized spacial score (nSPS) is 23.6. The predicted molar refractivity (Wildman–Crippen MR) is 134 cm³/mol. The van der Waals surface area contributed by atoms with E-state index in [1.807, 2.05) is 6.07 Å². The Morgan fingerprint density at radius 2 is 1.79 bits per heavy atom. The Balaban J connectivity index is 1.42. The first-order chi connectivity index (χ1) is 18.1. The van der Waals surface area contributed by atoms with Crippen molar-refractivity contribution in [2.75, 3.05) is 13.2 Å². The molecule has 4 rings (SSSR count). The number of thioether (sulfide) groups is 1. The number of nitro groups is 1. The van der Waals surface area contributed by atoms with E-state index in [0.717, 1.165) is 0 Å². The van der Waals surface area contributed by atoms with E-state index in [0.29, 0.717) is 11.3 Å². The Hall–Kier alpha value is -4.13. The van der Waals surface area contributed by atoms with E-state index in [-0.39, 0.29) is 25.5 Å². The summed E-state index contributed by atoms with van der Waals surface area (Å²) in [5.74, 6) is -1.74. The molecule has 4 unspecified atom stereocenters. The number of nitrogens with one attached hydrogen (secondary N) is 1. The molecule has 0 bridgehead atoms. The monoisotopic (exact) mass is 543 g/mol. The Morgan fingerprint density at radius 1 is 1.11 bits per heavy atom. The third-order valence-electron chi connectivity index (χ3n) is 6.07. The van der Waals surface area contributed by atoms with Crippen LogP contribution in [0.3, 0.4) is 0 Å². The topological polar surface area (TPSA) is 154 Å². The van der Waals surface area contributed by atoms with Gasteiger partial charge in [-0.3, -0.25) is 24.5 Å². The summed E-state index contributed by atoms with van der Waals surface area (Å²) in [6.07, 6.45) is 0. The van der Waals surface area contributed by atoms with Crippen molar-refractivity contribution in [1.82, 2.24) is 10.2 Å². The molecule has 0 aromatic heterocycles. The van der Waals surface area contributed by atoms with Crippen molar-refractivity contribution in [3.05, 3.63) is 70.3 Å². The summed E-state index contributed by atoms with van der Waals surface area (Å²) in [5, 5.41) is 12.9. The first-order valence-corrected chi connectivity index (χ1v) is 12.5. The number of non-ortho nitro benzene ring substituents is 1. The molecule has 0 radical (unpaired) electrons. The molecule has 0 spiro atoms. The molecule has 1 N–H and O–H groups in total. The lowest BCUT2D eigenvalue weighted by Crippen LogP contribution is -2.71. The van der Waals surface area contributed by atoms with Gasteiger partial charge in [-0.25, -0.2) is 4.79 Å². The molecule has 2 saturated heterocycles. The molecule has 2 fully saturated rings. The Morgan fingerprint density at radius 3 is 2.42 bits per heavy atom. The van der Waals surface area contributed by atoms with Crippen LogP contribution in [0.1, 0.15) is 19.4 Å². The fourth-order valence-corrected chi connectivity index (χ4v) is 5.88. The van der Waals surface area contributed by atoms with Crippen LogP contribution in [-0.4, -0.2) is 69.0 Å². The van der Waals surface area contributed by atoms with E-state index in [9.17, 15) is 29.3 Å². The lowest BCUT2D eigenvalue weighted by molar-refractivity contribution is -0.384. The Bertz CT molecular complexity index is 1240. The van der Waals surface area contributed by atoms with Crippen LogP contribution in [0.5, 0.6) is 5.75 Å². The van der Waals surface area contributed by atoms with E-state index >= 15 is 0 Å². The third-order valence-corrected chi connectivity index (χ3v) is 7.69. The molecule has 2 aliphatic rings. The maximum absolute atomic E-state index is 13.2. The lowest BCUT2D eigenvalue weighted by atomic mass is 9.95. The minimum Gasteiger partial charge on any atom is -0.484 e. The van der Waals surface area contributed by atoms with Crippen molar-refractivity contribution in [3.8, 4) is 5.75 Å². The molecular formula is C25H25N3O9S. The molecule has 38 heavy (non-hydrogen) atoms. The number of β-lactam (4-membered cyclic amide) rings is 1. The highest BCUT2D eigenvalue weighted by atomic mass is 32.2. The first kappa shape index (κ1) is 26.9. The average molecular weight is 544 g/mol. The molecule has 0 aliphatic carbocycles. The molecule has 2 aliphatic heterocycles. The number of benzene rings is 2. The van der Waals surface area contributed by atoms with Gasteiger partial charge in [-0.15, -0.1) is 11.8 Å². The molecule has 2 amide bonds. The largest absolute Gasteiger partial charge is 0.484 e. The number of fused-ring (bicyclic) bond motifs is 1. The number of hydrogen-bond acceptors (Lipinski definition) is 10. The summed E-state index contributed by atoms with van der Waals surface area (Å²) >= 11 is 1.23. The molecular weight excluding hydrogens is 518 g/mol. The predicted octanol–water partition coefficient (Wildman–Crippen LogP) is 1.81. The fraction of sp³-hybridized carbons (Fsp3) is 0.360. The number of para-hydroxylation sites is 1. The summed E-state index contributed by atoms with van der Waals surface area (Å²) in [6, 6.07) is 12.3. The Labute approximate surface area is 221 Å². The van der Waals surface area contributed by atoms with Crippen molar-refractivity contribution in [2.45, 2.75) is 42.7 Å². The van der Waals surface area contributed by atoms with Gasteiger partial charge in [0.1, 0.15) is 36.4 Å². The zero-order chi connectivity index (χ0) is 27.4. The zero-order valence-electron chi connectivity index (χ0n) is 20.5. The maximum atomic E-state index is 13.2. The number of amides is 2. The minimum absolute atomic E-state index is 0.0995. The third kappa shape index (κ3) is 5.72. The smallest absolute Gasteiger partial charge is 0.330 e. The zero-order valence-corrected chi connectivity index (χ0v) is 21.3. The molecule has 12 nitrogen and oxygen atoms in total. The van der Waals surface area contributed by atoms with E-state index in [4.69, 9.17) is 14.2 Å². The molecule has 2 aromatic rings.